The number of nitrogens with zero attached hydrogens (tertiary/aromatic N) is 4. The highest BCUT2D eigenvalue weighted by molar-refractivity contribution is 9.11. The Kier molecular flexibility index (Phi) is 10.1. The standard InChI is InChI=1S/C25H26Br2F4N4O3S/c1-5-39-13-22(37)35(12-21(36)34(3)4)11-15-10-32-19(6-14(15)2)20-9-24(38-33-20,25(29,30)31)16-7-17(26)23(28)18(27)8-16/h6-8,10H,5,9,11-13H2,1-4H3. The molecule has 0 spiro atoms. The molecule has 0 bridgehead atoms. The van der Waals surface area contributed by atoms with Gasteiger partial charge in [-0.1, -0.05) is 12.1 Å². The molecule has 1 aliphatic heterocycles. The van der Waals surface area contributed by atoms with Crippen LogP contribution in [0.5, 0.6) is 0 Å². The van der Waals surface area contributed by atoms with Crippen molar-refractivity contribution in [2.75, 3.05) is 32.1 Å². The molecule has 2 heterocycles. The average molecular weight is 698 g/mol. The summed E-state index contributed by atoms with van der Waals surface area (Å²) in [5.74, 6) is -0.235. The molecule has 1 aromatic carbocycles. The van der Waals surface area contributed by atoms with E-state index in [1.54, 1.807) is 27.1 Å². The van der Waals surface area contributed by atoms with Gasteiger partial charge in [0.1, 0.15) is 12.3 Å². The third-order valence-corrected chi connectivity index (χ3v) is 8.13. The van der Waals surface area contributed by atoms with Gasteiger partial charge >= 0.3 is 6.18 Å². The number of alkyl halides is 3. The summed E-state index contributed by atoms with van der Waals surface area (Å²) < 4.78 is 56.8. The maximum absolute atomic E-state index is 14.4. The van der Waals surface area contributed by atoms with E-state index < -0.39 is 24.0 Å². The van der Waals surface area contributed by atoms with Crippen molar-refractivity contribution >= 4 is 61.1 Å². The summed E-state index contributed by atoms with van der Waals surface area (Å²) in [5, 5.41) is 3.73. The molecular weight excluding hydrogens is 672 g/mol. The second-order valence-corrected chi connectivity index (χ2v) is 12.0. The van der Waals surface area contributed by atoms with Crippen molar-refractivity contribution in [1.82, 2.24) is 14.8 Å². The third kappa shape index (κ3) is 6.94. The van der Waals surface area contributed by atoms with Gasteiger partial charge in [-0.05, 0) is 73.9 Å². The lowest BCUT2D eigenvalue weighted by Gasteiger charge is -2.29. The minimum Gasteiger partial charge on any atom is -0.374 e. The average Bonchev–Trinajstić information content (AvgIpc) is 3.33. The molecule has 1 atom stereocenters. The van der Waals surface area contributed by atoms with E-state index in [1.165, 1.54) is 27.8 Å². The van der Waals surface area contributed by atoms with Gasteiger partial charge in [-0.25, -0.2) is 4.39 Å². The van der Waals surface area contributed by atoms with E-state index in [4.69, 9.17) is 4.84 Å². The number of carbonyl (C=O) groups is 2. The van der Waals surface area contributed by atoms with Crippen LogP contribution in [-0.4, -0.2) is 70.6 Å². The van der Waals surface area contributed by atoms with E-state index in [9.17, 15) is 27.2 Å². The largest absolute Gasteiger partial charge is 0.435 e. The quantitative estimate of drug-likeness (QED) is 0.245. The highest BCUT2D eigenvalue weighted by atomic mass is 79.9. The van der Waals surface area contributed by atoms with E-state index >= 15 is 0 Å². The first kappa shape index (κ1) is 31.3. The number of aryl methyl sites for hydroxylation is 1. The van der Waals surface area contributed by atoms with Crippen molar-refractivity contribution in [3.63, 3.8) is 0 Å². The number of hydrogen-bond acceptors (Lipinski definition) is 6. The first-order chi connectivity index (χ1) is 18.2. The molecule has 39 heavy (non-hydrogen) atoms. The fourth-order valence-electron chi connectivity index (χ4n) is 3.76. The minimum atomic E-state index is -4.87. The van der Waals surface area contributed by atoms with Crippen molar-refractivity contribution < 1.29 is 32.0 Å². The van der Waals surface area contributed by atoms with E-state index in [-0.39, 0.29) is 56.6 Å². The number of carbonyl (C=O) groups excluding carboxylic acids is 2. The molecule has 0 fully saturated rings. The van der Waals surface area contributed by atoms with Gasteiger partial charge in [-0.3, -0.25) is 14.6 Å². The van der Waals surface area contributed by atoms with Gasteiger partial charge in [0, 0.05) is 32.4 Å². The monoisotopic (exact) mass is 696 g/mol. The van der Waals surface area contributed by atoms with Crippen LogP contribution in [0.4, 0.5) is 17.6 Å². The first-order valence-electron chi connectivity index (χ1n) is 11.7. The van der Waals surface area contributed by atoms with Crippen molar-refractivity contribution in [3.8, 4) is 0 Å². The van der Waals surface area contributed by atoms with Crippen LogP contribution < -0.4 is 0 Å². The number of amides is 2. The maximum atomic E-state index is 14.4. The SMILES string of the molecule is CCSCC(=O)N(CC(=O)N(C)C)Cc1cnc(C2=NOC(c3cc(Br)c(F)c(Br)c3)(C(F)(F)F)C2)cc1C. The van der Waals surface area contributed by atoms with E-state index in [0.29, 0.717) is 11.1 Å². The zero-order chi connectivity index (χ0) is 29.1. The number of benzene rings is 1. The van der Waals surface area contributed by atoms with Gasteiger partial charge in [0.15, 0.2) is 5.82 Å². The fourth-order valence-corrected chi connectivity index (χ4v) is 5.51. The van der Waals surface area contributed by atoms with Crippen molar-refractivity contribution in [3.05, 3.63) is 61.5 Å². The fraction of sp³-hybridized carbons (Fsp3) is 0.440. The molecule has 7 nitrogen and oxygen atoms in total. The van der Waals surface area contributed by atoms with E-state index in [1.807, 2.05) is 6.92 Å². The molecule has 1 unspecified atom stereocenters. The van der Waals surface area contributed by atoms with Gasteiger partial charge in [0.25, 0.3) is 5.60 Å². The van der Waals surface area contributed by atoms with Crippen LogP contribution in [0.25, 0.3) is 0 Å². The summed E-state index contributed by atoms with van der Waals surface area (Å²) in [6.07, 6.45) is -4.09. The summed E-state index contributed by atoms with van der Waals surface area (Å²) in [5.41, 5.74) is -1.74. The number of rotatable bonds is 9. The molecular formula is C25H26Br2F4N4O3S. The van der Waals surface area contributed by atoms with Gasteiger partial charge < -0.3 is 14.6 Å². The van der Waals surface area contributed by atoms with Crippen LogP contribution in [0.3, 0.4) is 0 Å². The van der Waals surface area contributed by atoms with E-state index in [0.717, 1.165) is 17.9 Å². The topological polar surface area (TPSA) is 75.1 Å². The van der Waals surface area contributed by atoms with Crippen molar-refractivity contribution in [2.24, 2.45) is 5.16 Å². The summed E-state index contributed by atoms with van der Waals surface area (Å²) in [6, 6.07) is 3.61. The van der Waals surface area contributed by atoms with Gasteiger partial charge in [-0.15, -0.1) is 0 Å². The number of aromatic nitrogens is 1. The maximum Gasteiger partial charge on any atom is 0.435 e. The molecule has 0 saturated carbocycles. The Morgan fingerprint density at radius 2 is 1.79 bits per heavy atom. The second kappa shape index (κ2) is 12.5. The highest BCUT2D eigenvalue weighted by Crippen LogP contribution is 2.50. The number of likely N-dealkylation sites (N-methyl/N-ethyl adjacent to an activating group) is 1. The Hall–Kier alpha value is -2.19. The van der Waals surface area contributed by atoms with Crippen LogP contribution in [0.15, 0.2) is 38.5 Å². The Bertz CT molecular complexity index is 1270. The highest BCUT2D eigenvalue weighted by Gasteiger charge is 2.62. The lowest BCUT2D eigenvalue weighted by molar-refractivity contribution is -0.275. The molecule has 2 aromatic rings. The zero-order valence-corrected chi connectivity index (χ0v) is 25.5. The number of halogens is 6. The van der Waals surface area contributed by atoms with Crippen LogP contribution in [0.1, 0.15) is 35.7 Å². The Balaban J connectivity index is 1.88. The first-order valence-corrected chi connectivity index (χ1v) is 14.4. The zero-order valence-electron chi connectivity index (χ0n) is 21.5. The summed E-state index contributed by atoms with van der Waals surface area (Å²) in [4.78, 5) is 37.3. The molecule has 1 aromatic heterocycles. The van der Waals surface area contributed by atoms with Crippen LogP contribution in [0, 0.1) is 12.7 Å². The number of thioether (sulfide) groups is 1. The molecule has 2 amide bonds. The summed E-state index contributed by atoms with van der Waals surface area (Å²) in [7, 11) is 3.20. The summed E-state index contributed by atoms with van der Waals surface area (Å²) >= 11 is 7.33. The number of hydrogen-bond donors (Lipinski definition) is 0. The van der Waals surface area contributed by atoms with Crippen molar-refractivity contribution in [1.29, 1.82) is 0 Å². The molecule has 3 rings (SSSR count). The molecule has 14 heteroatoms. The molecule has 212 valence electrons. The normalized spacial score (nSPS) is 17.0. The predicted molar refractivity (Wildman–Crippen MR) is 148 cm³/mol. The van der Waals surface area contributed by atoms with Crippen LogP contribution >= 0.6 is 43.6 Å². The van der Waals surface area contributed by atoms with Gasteiger partial charge in [0.05, 0.1) is 26.8 Å². The number of oxime groups is 1. The molecule has 0 saturated heterocycles. The molecule has 1 aliphatic rings. The van der Waals surface area contributed by atoms with Crippen molar-refractivity contribution in [2.45, 2.75) is 38.6 Å². The van der Waals surface area contributed by atoms with E-state index in [2.05, 4.69) is 42.0 Å². The van der Waals surface area contributed by atoms with Gasteiger partial charge in [0.2, 0.25) is 11.8 Å². The Morgan fingerprint density at radius 3 is 2.33 bits per heavy atom. The Morgan fingerprint density at radius 1 is 1.15 bits per heavy atom. The second-order valence-electron chi connectivity index (χ2n) is 9.06. The molecule has 0 aliphatic carbocycles. The summed E-state index contributed by atoms with van der Waals surface area (Å²) in [6.45, 7) is 3.65. The molecule has 0 radical (unpaired) electrons. The smallest absolute Gasteiger partial charge is 0.374 e. The predicted octanol–water partition coefficient (Wildman–Crippen LogP) is 5.81. The third-order valence-electron chi connectivity index (χ3n) is 6.12. The lowest BCUT2D eigenvalue weighted by Crippen LogP contribution is -2.42. The molecule has 0 N–H and O–H groups in total. The minimum absolute atomic E-state index is 0.0337. The van der Waals surface area contributed by atoms with Gasteiger partial charge in [-0.2, -0.15) is 24.9 Å². The van der Waals surface area contributed by atoms with Crippen LogP contribution in [0.2, 0.25) is 0 Å². The lowest BCUT2D eigenvalue weighted by atomic mass is 9.87. The van der Waals surface area contributed by atoms with Crippen LogP contribution in [-0.2, 0) is 26.6 Å². The Labute approximate surface area is 244 Å². The number of pyridine rings is 1.